The molecule has 0 saturated heterocycles. The lowest BCUT2D eigenvalue weighted by Gasteiger charge is -2.17. The van der Waals surface area contributed by atoms with E-state index < -0.39 is 0 Å². The van der Waals surface area contributed by atoms with E-state index in [1.54, 1.807) is 13.2 Å². The minimum atomic E-state index is -0.247. The quantitative estimate of drug-likeness (QED) is 0.940. The molecule has 1 atom stereocenters. The van der Waals surface area contributed by atoms with Crippen LogP contribution in [-0.4, -0.2) is 15.7 Å². The van der Waals surface area contributed by atoms with Crippen LogP contribution in [0.3, 0.4) is 0 Å². The smallest absolute Gasteiger partial charge is 0.273 e. The molecular weight excluding hydrogens is 274 g/mol. The van der Waals surface area contributed by atoms with Gasteiger partial charge in [0.2, 0.25) is 0 Å². The maximum atomic E-state index is 12.2. The number of aromatic nitrogens is 2. The molecule has 20 heavy (non-hydrogen) atoms. The second-order valence-corrected chi connectivity index (χ2v) is 5.25. The fraction of sp³-hybridized carbons (Fsp3) is 0.333. The molecule has 0 saturated carbocycles. The lowest BCUT2D eigenvalue weighted by Crippen LogP contribution is -2.28. The summed E-state index contributed by atoms with van der Waals surface area (Å²) in [6.45, 7) is 4.07. The fourth-order valence-corrected chi connectivity index (χ4v) is 2.32. The minimum Gasteiger partial charge on any atom is -0.344 e. The Balaban J connectivity index is 2.16. The number of benzene rings is 1. The number of nitrogens with one attached hydrogen (secondary N) is 1. The molecular formula is C15H18ClN3O. The number of carbonyl (C=O) groups is 1. The van der Waals surface area contributed by atoms with Crippen LogP contribution in [0.25, 0.3) is 0 Å². The molecule has 1 N–H and O–H groups in total. The van der Waals surface area contributed by atoms with E-state index in [0.29, 0.717) is 5.02 Å². The summed E-state index contributed by atoms with van der Waals surface area (Å²) in [6.07, 6.45) is 2.42. The third kappa shape index (κ3) is 3.20. The maximum absolute atomic E-state index is 12.2. The zero-order valence-corrected chi connectivity index (χ0v) is 12.6. The van der Waals surface area contributed by atoms with Crippen LogP contribution >= 0.6 is 11.6 Å². The number of amides is 1. The van der Waals surface area contributed by atoms with Crippen molar-refractivity contribution in [1.82, 2.24) is 15.1 Å². The first kappa shape index (κ1) is 14.6. The Bertz CT molecular complexity index is 604. The van der Waals surface area contributed by atoms with E-state index in [0.717, 1.165) is 12.0 Å². The van der Waals surface area contributed by atoms with Crippen molar-refractivity contribution in [3.05, 3.63) is 52.3 Å². The third-order valence-electron chi connectivity index (χ3n) is 3.19. The van der Waals surface area contributed by atoms with Crippen LogP contribution in [0.5, 0.6) is 0 Å². The van der Waals surface area contributed by atoms with Crippen LogP contribution < -0.4 is 5.32 Å². The standard InChI is InChI=1S/C15H18ClN3O/c1-4-13(11-7-5-10(2)6-8-11)17-15(20)14-12(16)9-19(3)18-14/h5-9,13H,4H2,1-3H3,(H,17,20). The van der Waals surface area contributed by atoms with Crippen molar-refractivity contribution < 1.29 is 4.79 Å². The van der Waals surface area contributed by atoms with Crippen LogP contribution in [-0.2, 0) is 7.05 Å². The van der Waals surface area contributed by atoms with Gasteiger partial charge in [-0.15, -0.1) is 0 Å². The summed E-state index contributed by atoms with van der Waals surface area (Å²) in [5.74, 6) is -0.247. The Morgan fingerprint density at radius 1 is 1.40 bits per heavy atom. The Morgan fingerprint density at radius 2 is 2.05 bits per heavy atom. The van der Waals surface area contributed by atoms with Crippen molar-refractivity contribution in [3.8, 4) is 0 Å². The van der Waals surface area contributed by atoms with Crippen molar-refractivity contribution in [3.63, 3.8) is 0 Å². The molecule has 1 heterocycles. The van der Waals surface area contributed by atoms with Crippen LogP contribution in [0.2, 0.25) is 5.02 Å². The molecule has 1 aromatic heterocycles. The number of hydrogen-bond acceptors (Lipinski definition) is 2. The summed E-state index contributed by atoms with van der Waals surface area (Å²) in [5.41, 5.74) is 2.54. The predicted octanol–water partition coefficient (Wildman–Crippen LogP) is 3.26. The van der Waals surface area contributed by atoms with Gasteiger partial charge in [0.05, 0.1) is 11.1 Å². The zero-order chi connectivity index (χ0) is 14.7. The van der Waals surface area contributed by atoms with Gasteiger partial charge in [-0.2, -0.15) is 5.10 Å². The molecule has 0 bridgehead atoms. The molecule has 0 spiro atoms. The largest absolute Gasteiger partial charge is 0.344 e. The van der Waals surface area contributed by atoms with Crippen molar-refractivity contribution in [2.75, 3.05) is 0 Å². The summed E-state index contributed by atoms with van der Waals surface area (Å²) in [7, 11) is 1.74. The van der Waals surface area contributed by atoms with Gasteiger partial charge in [0.1, 0.15) is 0 Å². The van der Waals surface area contributed by atoms with Crippen LogP contribution in [0.15, 0.2) is 30.5 Å². The van der Waals surface area contributed by atoms with Crippen molar-refractivity contribution >= 4 is 17.5 Å². The molecule has 1 amide bonds. The number of hydrogen-bond donors (Lipinski definition) is 1. The maximum Gasteiger partial charge on any atom is 0.273 e. The molecule has 4 nitrogen and oxygen atoms in total. The van der Waals surface area contributed by atoms with Gasteiger partial charge in [-0.05, 0) is 18.9 Å². The fourth-order valence-electron chi connectivity index (χ4n) is 2.06. The predicted molar refractivity (Wildman–Crippen MR) is 79.9 cm³/mol. The molecule has 5 heteroatoms. The van der Waals surface area contributed by atoms with Crippen LogP contribution in [0.1, 0.15) is 41.0 Å². The van der Waals surface area contributed by atoms with E-state index in [1.165, 1.54) is 10.2 Å². The first-order valence-electron chi connectivity index (χ1n) is 6.57. The van der Waals surface area contributed by atoms with Gasteiger partial charge >= 0.3 is 0 Å². The van der Waals surface area contributed by atoms with E-state index >= 15 is 0 Å². The summed E-state index contributed by atoms with van der Waals surface area (Å²) in [6, 6.07) is 8.10. The SMILES string of the molecule is CCC(NC(=O)c1nn(C)cc1Cl)c1ccc(C)cc1. The molecule has 0 fully saturated rings. The molecule has 1 aromatic carbocycles. The van der Waals surface area contributed by atoms with Crippen LogP contribution in [0.4, 0.5) is 0 Å². The lowest BCUT2D eigenvalue weighted by atomic mass is 10.0. The second kappa shape index (κ2) is 6.09. The lowest BCUT2D eigenvalue weighted by molar-refractivity contribution is 0.0930. The molecule has 2 rings (SSSR count). The zero-order valence-electron chi connectivity index (χ0n) is 11.9. The highest BCUT2D eigenvalue weighted by molar-refractivity contribution is 6.33. The monoisotopic (exact) mass is 291 g/mol. The highest BCUT2D eigenvalue weighted by atomic mass is 35.5. The van der Waals surface area contributed by atoms with Gasteiger partial charge in [0.15, 0.2) is 5.69 Å². The first-order valence-corrected chi connectivity index (χ1v) is 6.95. The molecule has 0 radical (unpaired) electrons. The molecule has 2 aromatic rings. The van der Waals surface area contributed by atoms with Gasteiger partial charge in [-0.1, -0.05) is 48.4 Å². The number of halogens is 1. The average molecular weight is 292 g/mol. The summed E-state index contributed by atoms with van der Waals surface area (Å²) >= 11 is 5.99. The topological polar surface area (TPSA) is 46.9 Å². The molecule has 0 aliphatic heterocycles. The van der Waals surface area contributed by atoms with E-state index in [1.807, 2.05) is 38.1 Å². The van der Waals surface area contributed by atoms with Gasteiger partial charge in [0.25, 0.3) is 5.91 Å². The van der Waals surface area contributed by atoms with Gasteiger partial charge in [-0.25, -0.2) is 0 Å². The molecule has 0 aliphatic rings. The molecule has 1 unspecified atom stereocenters. The summed E-state index contributed by atoms with van der Waals surface area (Å²) < 4.78 is 1.53. The Hall–Kier alpha value is -1.81. The van der Waals surface area contributed by atoms with Crippen molar-refractivity contribution in [1.29, 1.82) is 0 Å². The average Bonchev–Trinajstić information content (AvgIpc) is 2.76. The van der Waals surface area contributed by atoms with Crippen molar-refractivity contribution in [2.45, 2.75) is 26.3 Å². The van der Waals surface area contributed by atoms with E-state index in [-0.39, 0.29) is 17.6 Å². The minimum absolute atomic E-state index is 0.0406. The van der Waals surface area contributed by atoms with Gasteiger partial charge in [0, 0.05) is 13.2 Å². The highest BCUT2D eigenvalue weighted by Gasteiger charge is 2.18. The molecule has 0 aliphatic carbocycles. The number of nitrogens with zero attached hydrogens (tertiary/aromatic N) is 2. The van der Waals surface area contributed by atoms with Gasteiger partial charge in [-0.3, -0.25) is 9.48 Å². The van der Waals surface area contributed by atoms with Gasteiger partial charge < -0.3 is 5.32 Å². The second-order valence-electron chi connectivity index (χ2n) is 4.84. The Labute approximate surface area is 123 Å². The summed E-state index contributed by atoms with van der Waals surface area (Å²) in [4.78, 5) is 12.2. The first-order chi connectivity index (χ1) is 9.51. The molecule has 106 valence electrons. The van der Waals surface area contributed by atoms with E-state index in [9.17, 15) is 4.79 Å². The van der Waals surface area contributed by atoms with Crippen LogP contribution in [0, 0.1) is 6.92 Å². The summed E-state index contributed by atoms with van der Waals surface area (Å²) in [5, 5.41) is 7.42. The highest BCUT2D eigenvalue weighted by Crippen LogP contribution is 2.19. The Kier molecular flexibility index (Phi) is 4.45. The van der Waals surface area contributed by atoms with E-state index in [2.05, 4.69) is 10.4 Å². The number of rotatable bonds is 4. The Morgan fingerprint density at radius 3 is 2.55 bits per heavy atom. The third-order valence-corrected chi connectivity index (χ3v) is 3.47. The number of aryl methyl sites for hydroxylation is 2. The van der Waals surface area contributed by atoms with E-state index in [4.69, 9.17) is 11.6 Å². The number of carbonyl (C=O) groups excluding carboxylic acids is 1. The normalized spacial score (nSPS) is 12.2. The van der Waals surface area contributed by atoms with Crippen molar-refractivity contribution in [2.24, 2.45) is 7.05 Å².